The highest BCUT2D eigenvalue weighted by Crippen LogP contribution is 2.26. The maximum atomic E-state index is 5.78. The second kappa shape index (κ2) is 3.92. The summed E-state index contributed by atoms with van der Waals surface area (Å²) in [6.07, 6.45) is 2.00. The van der Waals surface area contributed by atoms with E-state index in [9.17, 15) is 0 Å². The van der Waals surface area contributed by atoms with Crippen LogP contribution in [0.5, 0.6) is 0 Å². The molecule has 0 bridgehead atoms. The molecule has 0 radical (unpaired) electrons. The Bertz CT molecular complexity index is 612. The Hall–Kier alpha value is -1.32. The van der Waals surface area contributed by atoms with Gasteiger partial charge >= 0.3 is 0 Å². The fourth-order valence-electron chi connectivity index (χ4n) is 1.71. The van der Waals surface area contributed by atoms with Gasteiger partial charge in [-0.1, -0.05) is 30.3 Å². The molecule has 0 saturated carbocycles. The molecule has 0 aliphatic carbocycles. The standard InChI is InChI=1S/C12H9ClN2S/c13-6-10-7-15-11(8-16-12(15)14-10)9-4-2-1-3-5-9/h1-5,7-8H,6H2. The Morgan fingerprint density at radius 2 is 2.06 bits per heavy atom. The summed E-state index contributed by atoms with van der Waals surface area (Å²) in [5, 5.41) is 2.12. The predicted octanol–water partition coefficient (Wildman–Crippen LogP) is 3.80. The van der Waals surface area contributed by atoms with Gasteiger partial charge in [-0.25, -0.2) is 4.98 Å². The minimum Gasteiger partial charge on any atom is -0.290 e. The average Bonchev–Trinajstić information content (AvgIpc) is 2.88. The van der Waals surface area contributed by atoms with Gasteiger partial charge in [0, 0.05) is 11.6 Å². The predicted molar refractivity (Wildman–Crippen MR) is 68.1 cm³/mol. The first-order valence-corrected chi connectivity index (χ1v) is 6.37. The fraction of sp³-hybridized carbons (Fsp3) is 0.0833. The van der Waals surface area contributed by atoms with Crippen LogP contribution in [-0.2, 0) is 5.88 Å². The lowest BCUT2D eigenvalue weighted by Crippen LogP contribution is -1.82. The van der Waals surface area contributed by atoms with Gasteiger partial charge in [-0.15, -0.1) is 22.9 Å². The monoisotopic (exact) mass is 248 g/mol. The molecule has 0 aliphatic rings. The molecular formula is C12H9ClN2S. The van der Waals surface area contributed by atoms with Crippen LogP contribution in [0.2, 0.25) is 0 Å². The summed E-state index contributed by atoms with van der Waals surface area (Å²) in [4.78, 5) is 5.42. The fourth-order valence-corrected chi connectivity index (χ4v) is 2.74. The number of hydrogen-bond donors (Lipinski definition) is 0. The third-order valence-corrected chi connectivity index (χ3v) is 3.58. The van der Waals surface area contributed by atoms with E-state index in [2.05, 4.69) is 26.9 Å². The molecule has 0 aliphatic heterocycles. The lowest BCUT2D eigenvalue weighted by Gasteiger charge is -1.97. The van der Waals surface area contributed by atoms with E-state index >= 15 is 0 Å². The highest BCUT2D eigenvalue weighted by Gasteiger charge is 2.08. The maximum Gasteiger partial charge on any atom is 0.194 e. The van der Waals surface area contributed by atoms with E-state index in [0.717, 1.165) is 10.7 Å². The quantitative estimate of drug-likeness (QED) is 0.631. The van der Waals surface area contributed by atoms with Crippen LogP contribution in [0, 0.1) is 0 Å². The summed E-state index contributed by atoms with van der Waals surface area (Å²) in [7, 11) is 0. The summed E-state index contributed by atoms with van der Waals surface area (Å²) < 4.78 is 2.09. The average molecular weight is 249 g/mol. The summed E-state index contributed by atoms with van der Waals surface area (Å²) >= 11 is 7.42. The molecule has 0 saturated heterocycles. The number of fused-ring (bicyclic) bond motifs is 1. The van der Waals surface area contributed by atoms with Crippen LogP contribution in [0.25, 0.3) is 16.2 Å². The number of benzene rings is 1. The number of halogens is 1. The van der Waals surface area contributed by atoms with Crippen molar-refractivity contribution in [3.63, 3.8) is 0 Å². The van der Waals surface area contributed by atoms with E-state index in [4.69, 9.17) is 11.6 Å². The lowest BCUT2D eigenvalue weighted by molar-refractivity contribution is 1.22. The van der Waals surface area contributed by atoms with E-state index in [1.807, 2.05) is 24.4 Å². The largest absolute Gasteiger partial charge is 0.290 e. The summed E-state index contributed by atoms with van der Waals surface area (Å²) in [5.41, 5.74) is 3.29. The highest BCUT2D eigenvalue weighted by molar-refractivity contribution is 7.15. The molecule has 1 aromatic carbocycles. The van der Waals surface area contributed by atoms with E-state index in [1.54, 1.807) is 11.3 Å². The van der Waals surface area contributed by atoms with Gasteiger partial charge in [0.25, 0.3) is 0 Å². The number of alkyl halides is 1. The number of imidazole rings is 1. The lowest BCUT2D eigenvalue weighted by atomic mass is 10.2. The van der Waals surface area contributed by atoms with Gasteiger partial charge in [0.05, 0.1) is 17.3 Å². The van der Waals surface area contributed by atoms with Crippen LogP contribution in [0.4, 0.5) is 0 Å². The molecule has 2 nitrogen and oxygen atoms in total. The molecule has 16 heavy (non-hydrogen) atoms. The number of aromatic nitrogens is 2. The minimum absolute atomic E-state index is 0.461. The zero-order valence-electron chi connectivity index (χ0n) is 8.43. The van der Waals surface area contributed by atoms with Crippen molar-refractivity contribution in [2.45, 2.75) is 5.88 Å². The van der Waals surface area contributed by atoms with Crippen LogP contribution in [0.15, 0.2) is 41.9 Å². The first-order chi connectivity index (χ1) is 7.88. The molecule has 3 aromatic rings. The molecule has 0 atom stereocenters. The molecule has 4 heteroatoms. The van der Waals surface area contributed by atoms with Crippen LogP contribution >= 0.6 is 22.9 Å². The third-order valence-electron chi connectivity index (χ3n) is 2.47. The number of thiazole rings is 1. The Labute approximate surface area is 102 Å². The van der Waals surface area contributed by atoms with Gasteiger partial charge < -0.3 is 0 Å². The summed E-state index contributed by atoms with van der Waals surface area (Å²) in [6.45, 7) is 0. The normalized spacial score (nSPS) is 11.1. The molecule has 2 heterocycles. The van der Waals surface area contributed by atoms with Crippen molar-refractivity contribution in [1.82, 2.24) is 9.38 Å². The van der Waals surface area contributed by atoms with Crippen LogP contribution in [0.3, 0.4) is 0 Å². The van der Waals surface area contributed by atoms with Crippen molar-refractivity contribution in [3.8, 4) is 11.3 Å². The van der Waals surface area contributed by atoms with E-state index in [1.165, 1.54) is 11.3 Å². The summed E-state index contributed by atoms with van der Waals surface area (Å²) in [5.74, 6) is 0.461. The topological polar surface area (TPSA) is 17.3 Å². The zero-order chi connectivity index (χ0) is 11.0. The summed E-state index contributed by atoms with van der Waals surface area (Å²) in [6, 6.07) is 10.3. The van der Waals surface area contributed by atoms with Crippen LogP contribution < -0.4 is 0 Å². The van der Waals surface area contributed by atoms with Crippen LogP contribution in [0.1, 0.15) is 5.69 Å². The molecule has 80 valence electrons. The first kappa shape index (κ1) is 9.87. The second-order valence-corrected chi connectivity index (χ2v) is 4.61. The molecular weight excluding hydrogens is 240 g/mol. The van der Waals surface area contributed by atoms with Crippen molar-refractivity contribution in [2.24, 2.45) is 0 Å². The highest BCUT2D eigenvalue weighted by atomic mass is 35.5. The van der Waals surface area contributed by atoms with Crippen molar-refractivity contribution in [2.75, 3.05) is 0 Å². The van der Waals surface area contributed by atoms with Crippen LogP contribution in [-0.4, -0.2) is 9.38 Å². The minimum atomic E-state index is 0.461. The van der Waals surface area contributed by atoms with Crippen molar-refractivity contribution in [1.29, 1.82) is 0 Å². The number of hydrogen-bond acceptors (Lipinski definition) is 2. The molecule has 0 spiro atoms. The third kappa shape index (κ3) is 1.52. The van der Waals surface area contributed by atoms with Crippen molar-refractivity contribution >= 4 is 27.9 Å². The molecule has 3 rings (SSSR count). The maximum absolute atomic E-state index is 5.78. The van der Waals surface area contributed by atoms with E-state index < -0.39 is 0 Å². The Kier molecular flexibility index (Phi) is 2.42. The van der Waals surface area contributed by atoms with Gasteiger partial charge in [-0.2, -0.15) is 0 Å². The van der Waals surface area contributed by atoms with E-state index in [-0.39, 0.29) is 0 Å². The molecule has 0 unspecified atom stereocenters. The second-order valence-electron chi connectivity index (χ2n) is 3.51. The van der Waals surface area contributed by atoms with Crippen molar-refractivity contribution < 1.29 is 0 Å². The Morgan fingerprint density at radius 3 is 2.81 bits per heavy atom. The smallest absolute Gasteiger partial charge is 0.194 e. The molecule has 0 N–H and O–H groups in total. The van der Waals surface area contributed by atoms with Crippen molar-refractivity contribution in [3.05, 3.63) is 47.6 Å². The van der Waals surface area contributed by atoms with Gasteiger partial charge in [0.1, 0.15) is 0 Å². The van der Waals surface area contributed by atoms with Gasteiger partial charge in [-0.05, 0) is 5.56 Å². The van der Waals surface area contributed by atoms with Gasteiger partial charge in [-0.3, -0.25) is 4.40 Å². The molecule has 2 aromatic heterocycles. The molecule has 0 amide bonds. The van der Waals surface area contributed by atoms with Gasteiger partial charge in [0.15, 0.2) is 4.96 Å². The Balaban J connectivity index is 2.20. The zero-order valence-corrected chi connectivity index (χ0v) is 10.0. The molecule has 0 fully saturated rings. The SMILES string of the molecule is ClCc1cn2c(-c3ccccc3)csc2n1. The first-order valence-electron chi connectivity index (χ1n) is 4.95. The number of rotatable bonds is 2. The Morgan fingerprint density at radius 1 is 1.25 bits per heavy atom. The number of nitrogens with zero attached hydrogens (tertiary/aromatic N) is 2. The van der Waals surface area contributed by atoms with E-state index in [0.29, 0.717) is 5.88 Å². The van der Waals surface area contributed by atoms with Gasteiger partial charge in [0.2, 0.25) is 0 Å².